The van der Waals surface area contributed by atoms with Crippen LogP contribution in [-0.2, 0) is 10.0 Å². The molecule has 2 N–H and O–H groups in total. The van der Waals surface area contributed by atoms with Gasteiger partial charge >= 0.3 is 0 Å². The van der Waals surface area contributed by atoms with E-state index in [2.05, 4.69) is 16.6 Å². The standard InChI is InChI=1S/C11H18N2O3S/c1-2-3-4-5-7-13-17(15,16)11-9-12-8-6-10(11)14/h6,8-9,13H,2-5,7H2,1H3,(H,12,14). The van der Waals surface area contributed by atoms with E-state index < -0.39 is 15.5 Å². The fourth-order valence-electron chi connectivity index (χ4n) is 1.45. The van der Waals surface area contributed by atoms with Crippen molar-refractivity contribution in [2.75, 3.05) is 6.54 Å². The summed E-state index contributed by atoms with van der Waals surface area (Å²) in [6, 6.07) is 1.20. The van der Waals surface area contributed by atoms with Crippen LogP contribution in [0, 0.1) is 0 Å². The Labute approximate surface area is 101 Å². The first kappa shape index (κ1) is 13.9. The number of hydrogen-bond donors (Lipinski definition) is 2. The Bertz CT molecular complexity index is 493. The molecule has 0 atom stereocenters. The van der Waals surface area contributed by atoms with E-state index in [1.165, 1.54) is 18.5 Å². The summed E-state index contributed by atoms with van der Waals surface area (Å²) in [5.41, 5.74) is -0.496. The SMILES string of the molecule is CCCCCCNS(=O)(=O)c1c[nH]ccc1=O. The number of H-pyrrole nitrogens is 1. The molecule has 0 radical (unpaired) electrons. The van der Waals surface area contributed by atoms with Crippen molar-refractivity contribution in [2.45, 2.75) is 37.5 Å². The molecule has 0 spiro atoms. The smallest absolute Gasteiger partial charge is 0.245 e. The Morgan fingerprint density at radius 3 is 2.71 bits per heavy atom. The van der Waals surface area contributed by atoms with Crippen LogP contribution in [0.25, 0.3) is 0 Å². The molecule has 6 heteroatoms. The molecule has 1 heterocycles. The average molecular weight is 258 g/mol. The first-order chi connectivity index (χ1) is 8.08. The minimum Gasteiger partial charge on any atom is -0.366 e. The zero-order valence-corrected chi connectivity index (χ0v) is 10.7. The van der Waals surface area contributed by atoms with Gasteiger partial charge in [-0.05, 0) is 6.42 Å². The maximum Gasteiger partial charge on any atom is 0.245 e. The van der Waals surface area contributed by atoms with Crippen molar-refractivity contribution in [2.24, 2.45) is 0 Å². The Hall–Kier alpha value is -1.14. The molecule has 1 aromatic rings. The highest BCUT2D eigenvalue weighted by Gasteiger charge is 2.16. The van der Waals surface area contributed by atoms with Crippen LogP contribution in [0.2, 0.25) is 0 Å². The summed E-state index contributed by atoms with van der Waals surface area (Å²) >= 11 is 0. The summed E-state index contributed by atoms with van der Waals surface area (Å²) in [6.07, 6.45) is 6.58. The van der Waals surface area contributed by atoms with Crippen LogP contribution in [0.4, 0.5) is 0 Å². The molecule has 0 saturated carbocycles. The molecule has 0 aromatic carbocycles. The maximum atomic E-state index is 11.8. The predicted molar refractivity (Wildman–Crippen MR) is 66.4 cm³/mol. The molecule has 0 saturated heterocycles. The first-order valence-electron chi connectivity index (χ1n) is 5.74. The number of sulfonamides is 1. The van der Waals surface area contributed by atoms with Crippen LogP contribution in [0.5, 0.6) is 0 Å². The summed E-state index contributed by atoms with van der Waals surface area (Å²) < 4.78 is 25.9. The van der Waals surface area contributed by atoms with Gasteiger partial charge in [0.2, 0.25) is 15.5 Å². The van der Waals surface area contributed by atoms with Crippen LogP contribution in [0.15, 0.2) is 28.2 Å². The Kier molecular flexibility index (Phi) is 5.37. The number of hydrogen-bond acceptors (Lipinski definition) is 3. The van der Waals surface area contributed by atoms with E-state index in [-0.39, 0.29) is 4.90 Å². The Balaban J connectivity index is 2.58. The fraction of sp³-hybridized carbons (Fsp3) is 0.545. The zero-order chi connectivity index (χ0) is 12.7. The van der Waals surface area contributed by atoms with Crippen molar-refractivity contribution in [3.05, 3.63) is 28.7 Å². The van der Waals surface area contributed by atoms with E-state index in [1.807, 2.05) is 0 Å². The monoisotopic (exact) mass is 258 g/mol. The minimum atomic E-state index is -3.67. The number of nitrogens with one attached hydrogen (secondary N) is 2. The van der Waals surface area contributed by atoms with Gasteiger partial charge in [0.05, 0.1) is 0 Å². The molecule has 0 aliphatic carbocycles. The van der Waals surface area contributed by atoms with E-state index in [0.717, 1.165) is 25.7 Å². The number of aromatic nitrogens is 1. The molecular formula is C11H18N2O3S. The summed E-state index contributed by atoms with van der Waals surface area (Å²) in [4.78, 5) is 13.7. The Morgan fingerprint density at radius 1 is 1.29 bits per heavy atom. The van der Waals surface area contributed by atoms with Crippen LogP contribution in [-0.4, -0.2) is 19.9 Å². The highest BCUT2D eigenvalue weighted by atomic mass is 32.2. The van der Waals surface area contributed by atoms with Crippen molar-refractivity contribution in [1.82, 2.24) is 9.71 Å². The summed E-state index contributed by atoms with van der Waals surface area (Å²) in [5.74, 6) is 0. The van der Waals surface area contributed by atoms with Crippen LogP contribution in [0.1, 0.15) is 32.6 Å². The minimum absolute atomic E-state index is 0.226. The largest absolute Gasteiger partial charge is 0.366 e. The van der Waals surface area contributed by atoms with Gasteiger partial charge < -0.3 is 4.98 Å². The second-order valence-corrected chi connectivity index (χ2v) is 5.57. The third-order valence-electron chi connectivity index (χ3n) is 2.40. The molecule has 0 bridgehead atoms. The fourth-order valence-corrected chi connectivity index (χ4v) is 2.57. The van der Waals surface area contributed by atoms with Crippen molar-refractivity contribution < 1.29 is 8.42 Å². The highest BCUT2D eigenvalue weighted by molar-refractivity contribution is 7.89. The normalized spacial score (nSPS) is 11.6. The first-order valence-corrected chi connectivity index (χ1v) is 7.23. The maximum absolute atomic E-state index is 11.8. The molecule has 0 aliphatic heterocycles. The van der Waals surface area contributed by atoms with Crippen molar-refractivity contribution >= 4 is 10.0 Å². The van der Waals surface area contributed by atoms with E-state index in [1.54, 1.807) is 0 Å². The van der Waals surface area contributed by atoms with E-state index in [9.17, 15) is 13.2 Å². The lowest BCUT2D eigenvalue weighted by molar-refractivity contribution is 0.572. The second-order valence-electron chi connectivity index (χ2n) is 3.83. The third-order valence-corrected chi connectivity index (χ3v) is 3.88. The van der Waals surface area contributed by atoms with Gasteiger partial charge in [-0.1, -0.05) is 26.2 Å². The van der Waals surface area contributed by atoms with Gasteiger partial charge in [-0.15, -0.1) is 0 Å². The predicted octanol–water partition coefficient (Wildman–Crippen LogP) is 1.23. The van der Waals surface area contributed by atoms with Crippen molar-refractivity contribution in [3.8, 4) is 0 Å². The van der Waals surface area contributed by atoms with Crippen LogP contribution >= 0.6 is 0 Å². The van der Waals surface area contributed by atoms with Gasteiger partial charge in [0.1, 0.15) is 4.90 Å². The topological polar surface area (TPSA) is 79.0 Å². The average Bonchev–Trinajstić information content (AvgIpc) is 2.29. The van der Waals surface area contributed by atoms with Crippen molar-refractivity contribution in [3.63, 3.8) is 0 Å². The quantitative estimate of drug-likeness (QED) is 0.722. The van der Waals surface area contributed by atoms with Crippen LogP contribution < -0.4 is 10.2 Å². The number of aromatic amines is 1. The van der Waals surface area contributed by atoms with Gasteiger partial charge in [-0.3, -0.25) is 4.79 Å². The number of unbranched alkanes of at least 4 members (excludes halogenated alkanes) is 3. The van der Waals surface area contributed by atoms with Gasteiger partial charge in [0.25, 0.3) is 0 Å². The molecule has 1 aromatic heterocycles. The molecule has 17 heavy (non-hydrogen) atoms. The second kappa shape index (κ2) is 6.56. The molecule has 0 amide bonds. The van der Waals surface area contributed by atoms with Gasteiger partial charge in [-0.2, -0.15) is 0 Å². The summed E-state index contributed by atoms with van der Waals surface area (Å²) in [5, 5.41) is 0. The van der Waals surface area contributed by atoms with Gasteiger partial charge in [-0.25, -0.2) is 13.1 Å². The van der Waals surface area contributed by atoms with Crippen molar-refractivity contribution in [1.29, 1.82) is 0 Å². The molecule has 0 unspecified atom stereocenters. The van der Waals surface area contributed by atoms with Crippen LogP contribution in [0.3, 0.4) is 0 Å². The highest BCUT2D eigenvalue weighted by Crippen LogP contribution is 2.02. The molecule has 96 valence electrons. The van der Waals surface area contributed by atoms with Gasteiger partial charge in [0.15, 0.2) is 0 Å². The number of pyridine rings is 1. The molecular weight excluding hydrogens is 240 g/mol. The molecule has 0 fully saturated rings. The lowest BCUT2D eigenvalue weighted by Crippen LogP contribution is -2.29. The molecule has 1 rings (SSSR count). The van der Waals surface area contributed by atoms with E-state index in [0.29, 0.717) is 6.54 Å². The van der Waals surface area contributed by atoms with Gasteiger partial charge in [0, 0.05) is 25.0 Å². The number of rotatable bonds is 7. The molecule has 0 aliphatic rings. The summed E-state index contributed by atoms with van der Waals surface area (Å²) in [6.45, 7) is 2.46. The van der Waals surface area contributed by atoms with E-state index >= 15 is 0 Å². The van der Waals surface area contributed by atoms with E-state index in [4.69, 9.17) is 0 Å². The zero-order valence-electron chi connectivity index (χ0n) is 9.90. The third kappa shape index (κ3) is 4.32. The summed E-state index contributed by atoms with van der Waals surface area (Å²) in [7, 11) is -3.67. The molecule has 5 nitrogen and oxygen atoms in total. The lowest BCUT2D eigenvalue weighted by atomic mass is 10.2. The lowest BCUT2D eigenvalue weighted by Gasteiger charge is -2.05. The Morgan fingerprint density at radius 2 is 2.06 bits per heavy atom.